The highest BCUT2D eigenvalue weighted by Crippen LogP contribution is 2.14. The Morgan fingerprint density at radius 3 is 2.44 bits per heavy atom. The molecule has 16 heavy (non-hydrogen) atoms. The van der Waals surface area contributed by atoms with E-state index in [9.17, 15) is 4.79 Å². The van der Waals surface area contributed by atoms with Crippen molar-refractivity contribution in [1.29, 1.82) is 0 Å². The fraction of sp³-hybridized carbons (Fsp3) is 0.917. The van der Waals surface area contributed by atoms with Crippen molar-refractivity contribution in [2.45, 2.75) is 38.9 Å². The topological polar surface area (TPSA) is 55.1 Å². The largest absolute Gasteiger partial charge is 0.355 e. The van der Waals surface area contributed by atoms with Crippen LogP contribution in [0.15, 0.2) is 0 Å². The molecule has 0 spiro atoms. The number of rotatable bonds is 8. The first-order chi connectivity index (χ1) is 7.49. The average molecular weight is 246 g/mol. The first-order valence-corrected chi connectivity index (χ1v) is 7.27. The molecule has 3 nitrogen and oxygen atoms in total. The van der Waals surface area contributed by atoms with Gasteiger partial charge in [0, 0.05) is 18.2 Å². The third-order valence-electron chi connectivity index (χ3n) is 2.60. The Morgan fingerprint density at radius 2 is 2.00 bits per heavy atom. The maximum Gasteiger partial charge on any atom is 0.220 e. The van der Waals surface area contributed by atoms with Gasteiger partial charge >= 0.3 is 0 Å². The number of carbonyl (C=O) groups excluding carboxylic acids is 1. The summed E-state index contributed by atoms with van der Waals surface area (Å²) in [5.74, 6) is 1.06. The maximum atomic E-state index is 11.6. The summed E-state index contributed by atoms with van der Waals surface area (Å²) in [6, 6.07) is 0. The smallest absolute Gasteiger partial charge is 0.220 e. The van der Waals surface area contributed by atoms with Gasteiger partial charge in [-0.15, -0.1) is 0 Å². The minimum Gasteiger partial charge on any atom is -0.355 e. The molecule has 96 valence electrons. The second-order valence-electron chi connectivity index (χ2n) is 4.79. The number of amides is 1. The van der Waals surface area contributed by atoms with Crippen molar-refractivity contribution in [2.75, 3.05) is 19.3 Å². The van der Waals surface area contributed by atoms with E-state index in [1.165, 1.54) is 0 Å². The monoisotopic (exact) mass is 246 g/mol. The molecule has 0 aromatic rings. The van der Waals surface area contributed by atoms with Crippen LogP contribution in [0.25, 0.3) is 0 Å². The lowest BCUT2D eigenvalue weighted by atomic mass is 9.94. The average Bonchev–Trinajstić information content (AvgIpc) is 2.24. The Labute approximate surface area is 104 Å². The molecule has 0 aliphatic rings. The van der Waals surface area contributed by atoms with Crippen LogP contribution in [0.1, 0.15) is 33.6 Å². The van der Waals surface area contributed by atoms with Crippen molar-refractivity contribution in [3.63, 3.8) is 0 Å². The zero-order valence-electron chi connectivity index (χ0n) is 11.0. The van der Waals surface area contributed by atoms with Crippen LogP contribution in [-0.4, -0.2) is 30.5 Å². The molecule has 4 heteroatoms. The number of hydrogen-bond acceptors (Lipinski definition) is 3. The standard InChI is InChI=1S/C12H26N2OS/c1-9(2)5-11(7-13)6-12(15)14-8-10(3)16-4/h9-11H,5-8,13H2,1-4H3,(H,14,15). The summed E-state index contributed by atoms with van der Waals surface area (Å²) in [5, 5.41) is 3.43. The van der Waals surface area contributed by atoms with Crippen LogP contribution in [-0.2, 0) is 4.79 Å². The van der Waals surface area contributed by atoms with Crippen LogP contribution < -0.4 is 11.1 Å². The molecule has 0 aliphatic carbocycles. The summed E-state index contributed by atoms with van der Waals surface area (Å²) in [6.07, 6.45) is 3.65. The Kier molecular flexibility index (Phi) is 8.76. The summed E-state index contributed by atoms with van der Waals surface area (Å²) in [4.78, 5) is 11.6. The first-order valence-electron chi connectivity index (χ1n) is 5.99. The van der Waals surface area contributed by atoms with Crippen LogP contribution in [0.3, 0.4) is 0 Å². The van der Waals surface area contributed by atoms with Gasteiger partial charge in [0.2, 0.25) is 5.91 Å². The molecule has 0 rings (SSSR count). The highest BCUT2D eigenvalue weighted by Gasteiger charge is 2.14. The van der Waals surface area contributed by atoms with Gasteiger partial charge in [-0.3, -0.25) is 4.79 Å². The molecular formula is C12H26N2OS. The molecular weight excluding hydrogens is 220 g/mol. The lowest BCUT2D eigenvalue weighted by molar-refractivity contribution is -0.122. The molecule has 1 amide bonds. The van der Waals surface area contributed by atoms with Gasteiger partial charge in [-0.05, 0) is 31.1 Å². The van der Waals surface area contributed by atoms with Crippen molar-refractivity contribution < 1.29 is 4.79 Å². The van der Waals surface area contributed by atoms with Crippen LogP contribution in [0.4, 0.5) is 0 Å². The molecule has 2 unspecified atom stereocenters. The zero-order valence-corrected chi connectivity index (χ0v) is 11.8. The Balaban J connectivity index is 3.82. The minimum atomic E-state index is 0.136. The van der Waals surface area contributed by atoms with E-state index in [0.717, 1.165) is 13.0 Å². The van der Waals surface area contributed by atoms with E-state index in [4.69, 9.17) is 5.73 Å². The third kappa shape index (κ3) is 7.99. The first kappa shape index (κ1) is 15.8. The molecule has 0 bridgehead atoms. The number of nitrogens with one attached hydrogen (secondary N) is 1. The van der Waals surface area contributed by atoms with Gasteiger partial charge in [0.05, 0.1) is 0 Å². The second-order valence-corrected chi connectivity index (χ2v) is 6.06. The number of hydrogen-bond donors (Lipinski definition) is 2. The lowest BCUT2D eigenvalue weighted by Crippen LogP contribution is -2.32. The number of nitrogens with two attached hydrogens (primary N) is 1. The fourth-order valence-electron chi connectivity index (χ4n) is 1.60. The summed E-state index contributed by atoms with van der Waals surface area (Å²) in [6.45, 7) is 7.79. The molecule has 0 aromatic carbocycles. The predicted octanol–water partition coefficient (Wildman–Crippen LogP) is 1.87. The van der Waals surface area contributed by atoms with E-state index < -0.39 is 0 Å². The van der Waals surface area contributed by atoms with Crippen LogP contribution in [0, 0.1) is 11.8 Å². The number of carbonyl (C=O) groups is 1. The van der Waals surface area contributed by atoms with Crippen LogP contribution in [0.5, 0.6) is 0 Å². The number of thioether (sulfide) groups is 1. The van der Waals surface area contributed by atoms with Crippen molar-refractivity contribution in [3.8, 4) is 0 Å². The second kappa shape index (κ2) is 8.88. The van der Waals surface area contributed by atoms with Gasteiger partial charge in [-0.2, -0.15) is 11.8 Å². The predicted molar refractivity (Wildman–Crippen MR) is 72.6 cm³/mol. The van der Waals surface area contributed by atoms with Gasteiger partial charge in [0.15, 0.2) is 0 Å². The van der Waals surface area contributed by atoms with E-state index >= 15 is 0 Å². The summed E-state index contributed by atoms with van der Waals surface area (Å²) in [7, 11) is 0. The molecule has 0 saturated heterocycles. The third-order valence-corrected chi connectivity index (χ3v) is 3.57. The molecule has 2 atom stereocenters. The minimum absolute atomic E-state index is 0.136. The van der Waals surface area contributed by atoms with E-state index in [-0.39, 0.29) is 5.91 Å². The molecule has 3 N–H and O–H groups in total. The van der Waals surface area contributed by atoms with E-state index in [0.29, 0.717) is 30.1 Å². The fourth-order valence-corrected chi connectivity index (χ4v) is 1.85. The van der Waals surface area contributed by atoms with Gasteiger partial charge in [-0.1, -0.05) is 20.8 Å². The molecule has 0 heterocycles. The van der Waals surface area contributed by atoms with Crippen LogP contribution >= 0.6 is 11.8 Å². The quantitative estimate of drug-likeness (QED) is 0.687. The highest BCUT2D eigenvalue weighted by atomic mass is 32.2. The zero-order chi connectivity index (χ0) is 12.6. The van der Waals surface area contributed by atoms with Crippen molar-refractivity contribution in [2.24, 2.45) is 17.6 Å². The molecule has 0 aliphatic heterocycles. The lowest BCUT2D eigenvalue weighted by Gasteiger charge is -2.17. The van der Waals surface area contributed by atoms with Crippen molar-refractivity contribution >= 4 is 17.7 Å². The molecule has 0 aromatic heterocycles. The molecule has 0 saturated carbocycles. The van der Waals surface area contributed by atoms with Crippen LogP contribution in [0.2, 0.25) is 0 Å². The summed E-state index contributed by atoms with van der Waals surface area (Å²) >= 11 is 1.76. The van der Waals surface area contributed by atoms with Gasteiger partial charge < -0.3 is 11.1 Å². The van der Waals surface area contributed by atoms with E-state index in [1.807, 2.05) is 0 Å². The van der Waals surface area contributed by atoms with Gasteiger partial charge in [-0.25, -0.2) is 0 Å². The summed E-state index contributed by atoms with van der Waals surface area (Å²) < 4.78 is 0. The van der Waals surface area contributed by atoms with Crippen molar-refractivity contribution in [1.82, 2.24) is 5.32 Å². The highest BCUT2D eigenvalue weighted by molar-refractivity contribution is 7.99. The van der Waals surface area contributed by atoms with Gasteiger partial charge in [0.1, 0.15) is 0 Å². The summed E-state index contributed by atoms with van der Waals surface area (Å²) in [5.41, 5.74) is 5.67. The Bertz CT molecular complexity index is 197. The Hall–Kier alpha value is -0.220. The van der Waals surface area contributed by atoms with Gasteiger partial charge in [0.25, 0.3) is 0 Å². The SMILES string of the molecule is CSC(C)CNC(=O)CC(CN)CC(C)C. The molecule has 0 radical (unpaired) electrons. The molecule has 0 fully saturated rings. The Morgan fingerprint density at radius 1 is 1.38 bits per heavy atom. The normalized spacial score (nSPS) is 14.9. The van der Waals surface area contributed by atoms with E-state index in [1.54, 1.807) is 11.8 Å². The maximum absolute atomic E-state index is 11.6. The van der Waals surface area contributed by atoms with E-state index in [2.05, 4.69) is 32.3 Å². The van der Waals surface area contributed by atoms with Crippen molar-refractivity contribution in [3.05, 3.63) is 0 Å².